The van der Waals surface area contributed by atoms with E-state index in [1.54, 1.807) is 0 Å². The van der Waals surface area contributed by atoms with Gasteiger partial charge in [-0.1, -0.05) is 262 Å². The standard InChI is InChI=1S/2C32H34O2.2H3O3P/c2*1-31(2,23-33)30(24-15-7-5-8-16-24)34-29-22-14-12-20-27(29)26-19-11-13-21-28(26)32(3,4)25-17-9-6-10-18-25;2*1-4(2)3/h2*5-22,30,33H,23H2,1-4H3;2*1-3H. The number of ether oxygens (including phenoxy) is 2. The molecule has 0 spiro atoms. The minimum Gasteiger partial charge on any atom is -0.484 e. The molecular formula is C64H74O10P2. The normalized spacial score (nSPS) is 12.4. The van der Waals surface area contributed by atoms with E-state index < -0.39 is 28.0 Å². The summed E-state index contributed by atoms with van der Waals surface area (Å²) in [7, 11) is -5.24. The van der Waals surface area contributed by atoms with E-state index in [2.05, 4.69) is 185 Å². The van der Waals surface area contributed by atoms with Crippen molar-refractivity contribution in [3.63, 3.8) is 0 Å². The first-order chi connectivity index (χ1) is 36.1. The maximum Gasteiger partial charge on any atom is 0.324 e. The zero-order valence-electron chi connectivity index (χ0n) is 44.6. The van der Waals surface area contributed by atoms with Crippen LogP contribution in [-0.2, 0) is 10.8 Å². The molecule has 0 fully saturated rings. The summed E-state index contributed by atoms with van der Waals surface area (Å²) in [6, 6.07) is 75.2. The van der Waals surface area contributed by atoms with Gasteiger partial charge in [-0.2, -0.15) is 0 Å². The van der Waals surface area contributed by atoms with Gasteiger partial charge in [0.15, 0.2) is 0 Å². The highest BCUT2D eigenvalue weighted by Gasteiger charge is 2.35. The third-order valence-corrected chi connectivity index (χ3v) is 13.5. The molecule has 8 N–H and O–H groups in total. The quantitative estimate of drug-likeness (QED) is 0.0434. The van der Waals surface area contributed by atoms with Crippen molar-refractivity contribution >= 4 is 17.2 Å². The first kappa shape index (κ1) is 60.8. The van der Waals surface area contributed by atoms with Crippen LogP contribution in [0.2, 0.25) is 0 Å². The lowest BCUT2D eigenvalue weighted by molar-refractivity contribution is 0.0241. The molecule has 8 aromatic carbocycles. The lowest BCUT2D eigenvalue weighted by Gasteiger charge is -2.34. The van der Waals surface area contributed by atoms with E-state index >= 15 is 0 Å². The number of benzene rings is 8. The second-order valence-corrected chi connectivity index (χ2v) is 21.8. The number of hydrogen-bond donors (Lipinski definition) is 8. The van der Waals surface area contributed by atoms with Crippen LogP contribution < -0.4 is 9.47 Å². The average Bonchev–Trinajstić information content (AvgIpc) is 3.42. The van der Waals surface area contributed by atoms with Gasteiger partial charge in [-0.15, -0.1) is 0 Å². The number of aliphatic hydroxyl groups is 2. The van der Waals surface area contributed by atoms with Gasteiger partial charge < -0.3 is 49.0 Å². The molecule has 12 heteroatoms. The van der Waals surface area contributed by atoms with Crippen LogP contribution in [-0.4, -0.2) is 52.8 Å². The molecule has 0 saturated carbocycles. The van der Waals surface area contributed by atoms with E-state index in [1.165, 1.54) is 22.3 Å². The van der Waals surface area contributed by atoms with Crippen LogP contribution in [0.1, 0.15) is 101 Å². The van der Waals surface area contributed by atoms with Gasteiger partial charge in [0.25, 0.3) is 0 Å². The molecule has 0 aromatic heterocycles. The van der Waals surface area contributed by atoms with Crippen molar-refractivity contribution in [1.82, 2.24) is 0 Å². The van der Waals surface area contributed by atoms with E-state index in [0.717, 1.165) is 44.9 Å². The van der Waals surface area contributed by atoms with Crippen molar-refractivity contribution < 1.29 is 49.0 Å². The van der Waals surface area contributed by atoms with Gasteiger partial charge in [0.2, 0.25) is 0 Å². The Morgan fingerprint density at radius 2 is 0.566 bits per heavy atom. The summed E-state index contributed by atoms with van der Waals surface area (Å²) in [6.07, 6.45) is -0.594. The lowest BCUT2D eigenvalue weighted by Crippen LogP contribution is -2.30. The lowest BCUT2D eigenvalue weighted by atomic mass is 9.75. The second-order valence-electron chi connectivity index (χ2n) is 20.7. The second kappa shape index (κ2) is 28.3. The minimum atomic E-state index is -2.62. The highest BCUT2D eigenvalue weighted by molar-refractivity contribution is 7.38. The predicted molar refractivity (Wildman–Crippen MR) is 309 cm³/mol. The number of hydrogen-bond acceptors (Lipinski definition) is 10. The Bertz CT molecular complexity index is 2740. The van der Waals surface area contributed by atoms with Gasteiger partial charge in [-0.3, -0.25) is 0 Å². The van der Waals surface area contributed by atoms with Gasteiger partial charge in [-0.05, 0) is 56.6 Å². The SMILES string of the molecule is CC(C)(c1ccccc1)c1ccccc1-c1ccccc1OC(c1ccccc1)C(C)(C)CO.CC(C)(c1ccccc1)c1ccccc1-c1ccccc1OC(c1ccccc1)C(C)(C)CO.OP(O)O.OP(O)O. The fourth-order valence-electron chi connectivity index (χ4n) is 9.16. The molecule has 8 aromatic rings. The van der Waals surface area contributed by atoms with Crippen LogP contribution in [0.4, 0.5) is 0 Å². The molecule has 2 atom stereocenters. The smallest absolute Gasteiger partial charge is 0.324 e. The molecule has 0 aliphatic carbocycles. The highest BCUT2D eigenvalue weighted by atomic mass is 31.2. The summed E-state index contributed by atoms with van der Waals surface area (Å²) in [5.41, 5.74) is 10.2. The van der Waals surface area contributed by atoms with Crippen LogP contribution in [0.15, 0.2) is 218 Å². The van der Waals surface area contributed by atoms with E-state index in [-0.39, 0.29) is 36.3 Å². The molecular weight excluding hydrogens is 991 g/mol. The van der Waals surface area contributed by atoms with Gasteiger partial charge in [0.1, 0.15) is 23.7 Å². The average molecular weight is 1070 g/mol. The van der Waals surface area contributed by atoms with E-state index in [4.69, 9.17) is 38.8 Å². The van der Waals surface area contributed by atoms with E-state index in [0.29, 0.717) is 0 Å². The zero-order valence-corrected chi connectivity index (χ0v) is 46.4. The largest absolute Gasteiger partial charge is 0.484 e. The first-order valence-corrected chi connectivity index (χ1v) is 27.4. The van der Waals surface area contributed by atoms with Crippen LogP contribution in [0.3, 0.4) is 0 Å². The molecule has 0 heterocycles. The molecule has 76 heavy (non-hydrogen) atoms. The third-order valence-electron chi connectivity index (χ3n) is 13.5. The van der Waals surface area contributed by atoms with Gasteiger partial charge >= 0.3 is 17.2 Å². The predicted octanol–water partition coefficient (Wildman–Crippen LogP) is 14.0. The number of aliphatic hydroxyl groups excluding tert-OH is 2. The Morgan fingerprint density at radius 3 is 0.855 bits per heavy atom. The van der Waals surface area contributed by atoms with Crippen molar-refractivity contribution in [2.45, 2.75) is 78.4 Å². The Kier molecular flexibility index (Phi) is 22.6. The molecule has 2 unspecified atom stereocenters. The maximum atomic E-state index is 10.2. The Morgan fingerprint density at radius 1 is 0.329 bits per heavy atom. The molecule has 8 rings (SSSR count). The Labute approximate surface area is 452 Å². The van der Waals surface area contributed by atoms with Crippen molar-refractivity contribution in [1.29, 1.82) is 0 Å². The fourth-order valence-corrected chi connectivity index (χ4v) is 9.16. The number of rotatable bonds is 16. The summed E-state index contributed by atoms with van der Waals surface area (Å²) in [6.45, 7) is 17.3. The van der Waals surface area contributed by atoms with Gasteiger partial charge in [0, 0.05) is 32.8 Å². The summed E-state index contributed by atoms with van der Waals surface area (Å²) < 4.78 is 13.5. The fraction of sp³-hybridized carbons (Fsp3) is 0.250. The van der Waals surface area contributed by atoms with Crippen LogP contribution in [0.25, 0.3) is 22.3 Å². The Balaban J connectivity index is 0.000000246. The summed E-state index contributed by atoms with van der Waals surface area (Å²) in [4.78, 5) is 43.4. The third kappa shape index (κ3) is 16.5. The first-order valence-electron chi connectivity index (χ1n) is 25.0. The van der Waals surface area contributed by atoms with Crippen molar-refractivity contribution in [3.05, 3.63) is 252 Å². The zero-order chi connectivity index (χ0) is 55.5. The van der Waals surface area contributed by atoms with E-state index in [1.807, 2.05) is 88.4 Å². The van der Waals surface area contributed by atoms with Crippen molar-refractivity contribution in [2.24, 2.45) is 10.8 Å². The Hall–Kier alpha value is -6.10. The molecule has 0 saturated heterocycles. The molecule has 10 nitrogen and oxygen atoms in total. The van der Waals surface area contributed by atoms with Gasteiger partial charge in [-0.25, -0.2) is 0 Å². The van der Waals surface area contributed by atoms with Crippen molar-refractivity contribution in [2.75, 3.05) is 13.2 Å². The molecule has 0 aliphatic heterocycles. The molecule has 0 aliphatic rings. The highest BCUT2D eigenvalue weighted by Crippen LogP contribution is 2.46. The van der Waals surface area contributed by atoms with Crippen LogP contribution in [0.5, 0.6) is 11.5 Å². The molecule has 400 valence electrons. The summed E-state index contributed by atoms with van der Waals surface area (Å²) in [5, 5.41) is 20.4. The van der Waals surface area contributed by atoms with E-state index in [9.17, 15) is 10.2 Å². The monoisotopic (exact) mass is 1060 g/mol. The van der Waals surface area contributed by atoms with Gasteiger partial charge in [0.05, 0.1) is 13.2 Å². The topological polar surface area (TPSA) is 180 Å². The molecule has 0 amide bonds. The minimum absolute atomic E-state index is 0.0202. The molecule has 0 radical (unpaired) electrons. The maximum absolute atomic E-state index is 10.2. The summed E-state index contributed by atoms with van der Waals surface area (Å²) >= 11 is 0. The van der Waals surface area contributed by atoms with Crippen LogP contribution in [0, 0.1) is 10.8 Å². The van der Waals surface area contributed by atoms with Crippen molar-refractivity contribution in [3.8, 4) is 33.8 Å². The van der Waals surface area contributed by atoms with Crippen LogP contribution >= 0.6 is 17.2 Å². The summed E-state index contributed by atoms with van der Waals surface area (Å²) in [5.74, 6) is 1.63. The number of para-hydroxylation sites is 2. The molecule has 0 bridgehead atoms.